The fraction of sp³-hybridized carbons (Fsp3) is 0.297. The Hall–Kier alpha value is -4.41. The molecule has 0 heterocycles. The molecule has 1 aliphatic rings. The number of hydrogen-bond acceptors (Lipinski definition) is 5. The van der Waals surface area contributed by atoms with Crippen molar-refractivity contribution in [1.82, 2.24) is 10.2 Å². The smallest absolute Gasteiger partial charge is 0.264 e. The summed E-state index contributed by atoms with van der Waals surface area (Å²) in [4.78, 5) is 30.0. The monoisotopic (exact) mass is 691 g/mol. The number of halogens is 2. The third-order valence-electron chi connectivity index (χ3n) is 8.33. The molecule has 252 valence electrons. The number of carbonyl (C=O) groups excluding carboxylic acids is 2. The number of ether oxygens (including phenoxy) is 1. The maximum atomic E-state index is 14.6. The molecule has 0 radical (unpaired) electrons. The molecule has 5 rings (SSSR count). The van der Waals surface area contributed by atoms with Crippen molar-refractivity contribution in [2.75, 3.05) is 17.5 Å². The first-order valence-corrected chi connectivity index (χ1v) is 17.8. The molecule has 1 saturated carbocycles. The second kappa shape index (κ2) is 16.1. The Morgan fingerprint density at radius 1 is 0.917 bits per heavy atom. The minimum Gasteiger partial charge on any atom is -0.494 e. The molecular weight excluding hydrogens is 653 g/mol. The summed E-state index contributed by atoms with van der Waals surface area (Å²) in [5, 5.41) is 3.62. The molecule has 0 unspecified atom stereocenters. The first-order valence-electron chi connectivity index (χ1n) is 16.0. The number of carbonyl (C=O) groups is 2. The Balaban J connectivity index is 1.56. The molecule has 1 aliphatic carbocycles. The minimum atomic E-state index is -4.37. The van der Waals surface area contributed by atoms with Crippen molar-refractivity contribution in [3.63, 3.8) is 0 Å². The quantitative estimate of drug-likeness (QED) is 0.158. The largest absolute Gasteiger partial charge is 0.494 e. The lowest BCUT2D eigenvalue weighted by Crippen LogP contribution is -2.54. The van der Waals surface area contributed by atoms with E-state index in [0.29, 0.717) is 22.9 Å². The van der Waals surface area contributed by atoms with Crippen LogP contribution in [0.2, 0.25) is 5.02 Å². The Kier molecular flexibility index (Phi) is 11.7. The van der Waals surface area contributed by atoms with Crippen LogP contribution in [0.25, 0.3) is 0 Å². The molecule has 8 nitrogen and oxygen atoms in total. The summed E-state index contributed by atoms with van der Waals surface area (Å²) in [6, 6.07) is 26.2. The van der Waals surface area contributed by atoms with Crippen molar-refractivity contribution in [2.45, 2.75) is 62.6 Å². The van der Waals surface area contributed by atoms with Crippen LogP contribution in [0.1, 0.15) is 43.7 Å². The van der Waals surface area contributed by atoms with Gasteiger partial charge in [-0.1, -0.05) is 66.9 Å². The zero-order chi connectivity index (χ0) is 34.1. The molecule has 0 saturated heterocycles. The standard InChI is InChI=1S/C37H39ClFN3O5S/c1-2-47-33-19-17-32(18-20-33)42(48(45,46)34-21-15-30(39)16-22-34)26-36(43)41(25-28-11-8-12-29(38)23-28)35(24-27-9-4-3-5-10-27)37(44)40-31-13-6-7-14-31/h3-5,8-12,15-23,31,35H,2,6-7,13-14,24-26H2,1H3,(H,40,44)/t35-/m1/s1. The highest BCUT2D eigenvalue weighted by Gasteiger charge is 2.35. The van der Waals surface area contributed by atoms with E-state index in [4.69, 9.17) is 16.3 Å². The van der Waals surface area contributed by atoms with E-state index in [0.717, 1.165) is 59.8 Å². The molecule has 48 heavy (non-hydrogen) atoms. The Morgan fingerprint density at radius 2 is 1.58 bits per heavy atom. The number of rotatable bonds is 14. The van der Waals surface area contributed by atoms with E-state index in [9.17, 15) is 22.4 Å². The molecule has 1 fully saturated rings. The predicted octanol–water partition coefficient (Wildman–Crippen LogP) is 6.77. The molecule has 0 spiro atoms. The fourth-order valence-corrected chi connectivity index (χ4v) is 7.52. The van der Waals surface area contributed by atoms with E-state index < -0.39 is 34.3 Å². The van der Waals surface area contributed by atoms with Crippen LogP contribution in [-0.2, 0) is 32.6 Å². The summed E-state index contributed by atoms with van der Waals surface area (Å²) in [5.41, 5.74) is 1.72. The van der Waals surface area contributed by atoms with Crippen LogP contribution in [-0.4, -0.2) is 50.4 Å². The van der Waals surface area contributed by atoms with E-state index in [1.807, 2.05) is 37.3 Å². The average Bonchev–Trinajstić information content (AvgIpc) is 3.59. The molecule has 0 aromatic heterocycles. The van der Waals surface area contributed by atoms with Crippen LogP contribution in [0.5, 0.6) is 5.75 Å². The minimum absolute atomic E-state index is 0.00176. The van der Waals surface area contributed by atoms with Crippen LogP contribution in [0.3, 0.4) is 0 Å². The molecule has 1 atom stereocenters. The van der Waals surface area contributed by atoms with E-state index in [2.05, 4.69) is 5.32 Å². The van der Waals surface area contributed by atoms with E-state index >= 15 is 0 Å². The van der Waals surface area contributed by atoms with Crippen LogP contribution >= 0.6 is 11.6 Å². The number of nitrogens with one attached hydrogen (secondary N) is 1. The van der Waals surface area contributed by atoms with Gasteiger partial charge in [0.1, 0.15) is 24.2 Å². The van der Waals surface area contributed by atoms with Crippen molar-refractivity contribution in [1.29, 1.82) is 0 Å². The number of amides is 2. The van der Waals surface area contributed by atoms with Gasteiger partial charge in [-0.25, -0.2) is 12.8 Å². The highest BCUT2D eigenvalue weighted by atomic mass is 35.5. The van der Waals surface area contributed by atoms with Crippen LogP contribution in [0, 0.1) is 5.82 Å². The molecule has 1 N–H and O–H groups in total. The first kappa shape index (κ1) is 34.9. The SMILES string of the molecule is CCOc1ccc(N(CC(=O)N(Cc2cccc(Cl)c2)[C@H](Cc2ccccc2)C(=O)NC2CCCC2)S(=O)(=O)c2ccc(F)cc2)cc1. The van der Waals surface area contributed by atoms with Gasteiger partial charge >= 0.3 is 0 Å². The maximum Gasteiger partial charge on any atom is 0.264 e. The van der Waals surface area contributed by atoms with Gasteiger partial charge in [0.05, 0.1) is 17.2 Å². The van der Waals surface area contributed by atoms with Gasteiger partial charge in [-0.05, 0) is 91.6 Å². The number of benzene rings is 4. The molecule has 0 bridgehead atoms. The molecule has 4 aromatic carbocycles. The highest BCUT2D eigenvalue weighted by Crippen LogP contribution is 2.28. The predicted molar refractivity (Wildman–Crippen MR) is 185 cm³/mol. The van der Waals surface area contributed by atoms with Crippen LogP contribution in [0.4, 0.5) is 10.1 Å². The van der Waals surface area contributed by atoms with Crippen molar-refractivity contribution in [2.24, 2.45) is 0 Å². The van der Waals surface area contributed by atoms with Crippen LogP contribution < -0.4 is 14.4 Å². The topological polar surface area (TPSA) is 96.0 Å². The van der Waals surface area contributed by atoms with Crippen molar-refractivity contribution < 1.29 is 27.1 Å². The molecule has 4 aromatic rings. The van der Waals surface area contributed by atoms with E-state index in [-0.39, 0.29) is 35.5 Å². The Labute approximate surface area is 286 Å². The zero-order valence-electron chi connectivity index (χ0n) is 26.7. The molecule has 2 amide bonds. The number of hydrogen-bond donors (Lipinski definition) is 1. The van der Waals surface area contributed by atoms with Crippen molar-refractivity contribution in [3.05, 3.63) is 125 Å². The number of sulfonamides is 1. The molecular formula is C37H39ClFN3O5S. The lowest BCUT2D eigenvalue weighted by atomic mass is 10.0. The van der Waals surface area contributed by atoms with E-state index in [1.165, 1.54) is 4.90 Å². The summed E-state index contributed by atoms with van der Waals surface area (Å²) in [6.07, 6.45) is 3.94. The van der Waals surface area contributed by atoms with Gasteiger partial charge in [0, 0.05) is 24.0 Å². The van der Waals surface area contributed by atoms with Gasteiger partial charge in [0.2, 0.25) is 11.8 Å². The summed E-state index contributed by atoms with van der Waals surface area (Å²) in [5.74, 6) is -0.977. The fourth-order valence-electron chi connectivity index (χ4n) is 5.89. The summed E-state index contributed by atoms with van der Waals surface area (Å²) >= 11 is 6.32. The average molecular weight is 692 g/mol. The van der Waals surface area contributed by atoms with Crippen molar-refractivity contribution in [3.8, 4) is 5.75 Å². The van der Waals surface area contributed by atoms with E-state index in [1.54, 1.807) is 48.5 Å². The number of nitrogens with zero attached hydrogens (tertiary/aromatic N) is 2. The molecule has 11 heteroatoms. The second-order valence-corrected chi connectivity index (χ2v) is 14.0. The summed E-state index contributed by atoms with van der Waals surface area (Å²) in [6.45, 7) is 1.62. The second-order valence-electron chi connectivity index (χ2n) is 11.7. The lowest BCUT2D eigenvalue weighted by molar-refractivity contribution is -0.140. The van der Waals surface area contributed by atoms with Crippen LogP contribution in [0.15, 0.2) is 108 Å². The van der Waals surface area contributed by atoms with Crippen molar-refractivity contribution >= 4 is 39.1 Å². The number of anilines is 1. The Bertz CT molecular complexity index is 1780. The lowest BCUT2D eigenvalue weighted by Gasteiger charge is -2.34. The third-order valence-corrected chi connectivity index (χ3v) is 10.4. The third kappa shape index (κ3) is 8.93. The van der Waals surface area contributed by atoms with Gasteiger partial charge in [0.15, 0.2) is 0 Å². The van der Waals surface area contributed by atoms with Gasteiger partial charge in [0.25, 0.3) is 10.0 Å². The molecule has 0 aliphatic heterocycles. The normalized spacial score (nSPS) is 13.9. The Morgan fingerprint density at radius 3 is 2.23 bits per heavy atom. The van der Waals surface area contributed by atoms with Gasteiger partial charge in [-0.2, -0.15) is 0 Å². The summed E-state index contributed by atoms with van der Waals surface area (Å²) < 4.78 is 48.6. The van der Waals surface area contributed by atoms with Gasteiger partial charge < -0.3 is 15.0 Å². The van der Waals surface area contributed by atoms with Gasteiger partial charge in [-0.3, -0.25) is 13.9 Å². The van der Waals surface area contributed by atoms with Gasteiger partial charge in [-0.15, -0.1) is 0 Å². The summed E-state index contributed by atoms with van der Waals surface area (Å²) in [7, 11) is -4.37. The highest BCUT2D eigenvalue weighted by molar-refractivity contribution is 7.92. The zero-order valence-corrected chi connectivity index (χ0v) is 28.3. The first-order chi connectivity index (χ1) is 23.1. The maximum absolute atomic E-state index is 14.6.